The van der Waals surface area contributed by atoms with Crippen LogP contribution in [0.4, 0.5) is 10.5 Å². The van der Waals surface area contributed by atoms with Crippen LogP contribution in [0, 0.1) is 0 Å². The first kappa shape index (κ1) is 16.0. The smallest absolute Gasteiger partial charge is 0.321 e. The molecule has 7 heteroatoms. The number of carbonyl (C=O) groups excluding carboxylic acids is 1. The van der Waals surface area contributed by atoms with Gasteiger partial charge in [0.15, 0.2) is 0 Å². The van der Waals surface area contributed by atoms with Gasteiger partial charge in [0.05, 0.1) is 13.2 Å². The molecule has 2 amide bonds. The number of urea groups is 1. The fourth-order valence-electron chi connectivity index (χ4n) is 2.35. The molecule has 1 fully saturated rings. The predicted octanol–water partition coefficient (Wildman–Crippen LogP) is 0.843. The van der Waals surface area contributed by atoms with E-state index in [9.17, 15) is 4.79 Å². The van der Waals surface area contributed by atoms with E-state index in [1.54, 1.807) is 29.2 Å². The highest BCUT2D eigenvalue weighted by atomic mass is 35.5. The standard InChI is InChI=1S/C14H20ClN3O3/c15-11-2-1-3-12(8-11)16-14(21)18-9-13(10-18)17(4-6-19)5-7-20/h1-3,8,13,19-20H,4-7,9-10H2,(H,16,21). The van der Waals surface area contributed by atoms with Crippen LogP contribution in [-0.4, -0.2) is 71.5 Å². The Hall–Kier alpha value is -1.34. The van der Waals surface area contributed by atoms with Crippen LogP contribution in [0.3, 0.4) is 0 Å². The summed E-state index contributed by atoms with van der Waals surface area (Å²) < 4.78 is 0. The zero-order chi connectivity index (χ0) is 15.2. The maximum Gasteiger partial charge on any atom is 0.321 e. The van der Waals surface area contributed by atoms with Gasteiger partial charge in [-0.3, -0.25) is 4.90 Å². The number of benzene rings is 1. The van der Waals surface area contributed by atoms with E-state index >= 15 is 0 Å². The lowest BCUT2D eigenvalue weighted by atomic mass is 10.1. The lowest BCUT2D eigenvalue weighted by molar-refractivity contribution is 0.0393. The van der Waals surface area contributed by atoms with Crippen molar-refractivity contribution in [3.63, 3.8) is 0 Å². The molecule has 0 aromatic heterocycles. The zero-order valence-corrected chi connectivity index (χ0v) is 12.5. The van der Waals surface area contributed by atoms with E-state index < -0.39 is 0 Å². The van der Waals surface area contributed by atoms with Crippen LogP contribution in [-0.2, 0) is 0 Å². The van der Waals surface area contributed by atoms with E-state index in [4.69, 9.17) is 21.8 Å². The summed E-state index contributed by atoms with van der Waals surface area (Å²) in [5.74, 6) is 0. The summed E-state index contributed by atoms with van der Waals surface area (Å²) >= 11 is 5.87. The molecule has 0 spiro atoms. The first-order valence-corrected chi connectivity index (χ1v) is 7.29. The molecule has 6 nitrogen and oxygen atoms in total. The molecule has 1 aliphatic rings. The van der Waals surface area contributed by atoms with Gasteiger partial charge in [-0.25, -0.2) is 4.79 Å². The Balaban J connectivity index is 1.81. The Labute approximate surface area is 128 Å². The second-order valence-corrected chi connectivity index (χ2v) is 5.42. The number of nitrogens with one attached hydrogen (secondary N) is 1. The predicted molar refractivity (Wildman–Crippen MR) is 81.6 cm³/mol. The summed E-state index contributed by atoms with van der Waals surface area (Å²) in [6.45, 7) is 2.29. The van der Waals surface area contributed by atoms with Gasteiger partial charge in [0.1, 0.15) is 0 Å². The third-order valence-corrected chi connectivity index (χ3v) is 3.75. The molecule has 3 N–H and O–H groups in total. The number of rotatable bonds is 6. The molecule has 2 rings (SSSR count). The van der Waals surface area contributed by atoms with Gasteiger partial charge in [0.25, 0.3) is 0 Å². The normalized spacial score (nSPS) is 15.1. The fraction of sp³-hybridized carbons (Fsp3) is 0.500. The molecule has 0 unspecified atom stereocenters. The van der Waals surface area contributed by atoms with E-state index in [1.165, 1.54) is 0 Å². The van der Waals surface area contributed by atoms with Crippen molar-refractivity contribution in [1.82, 2.24) is 9.80 Å². The van der Waals surface area contributed by atoms with Crippen LogP contribution in [0.1, 0.15) is 0 Å². The second-order valence-electron chi connectivity index (χ2n) is 4.98. The topological polar surface area (TPSA) is 76.0 Å². The Morgan fingerprint density at radius 1 is 1.33 bits per heavy atom. The zero-order valence-electron chi connectivity index (χ0n) is 11.7. The molecular formula is C14H20ClN3O3. The van der Waals surface area contributed by atoms with Crippen LogP contribution in [0.15, 0.2) is 24.3 Å². The van der Waals surface area contributed by atoms with Crippen molar-refractivity contribution >= 4 is 23.3 Å². The van der Waals surface area contributed by atoms with Gasteiger partial charge in [-0.2, -0.15) is 0 Å². The van der Waals surface area contributed by atoms with Crippen molar-refractivity contribution in [2.75, 3.05) is 44.7 Å². The van der Waals surface area contributed by atoms with Crippen molar-refractivity contribution < 1.29 is 15.0 Å². The molecule has 1 aliphatic heterocycles. The van der Waals surface area contributed by atoms with E-state index in [0.717, 1.165) is 0 Å². The molecule has 0 atom stereocenters. The maximum absolute atomic E-state index is 12.0. The molecule has 1 heterocycles. The summed E-state index contributed by atoms with van der Waals surface area (Å²) in [7, 11) is 0. The second kappa shape index (κ2) is 7.61. The molecule has 1 aromatic rings. The van der Waals surface area contributed by atoms with Crippen molar-refractivity contribution in [1.29, 1.82) is 0 Å². The molecule has 0 aliphatic carbocycles. The summed E-state index contributed by atoms with van der Waals surface area (Å²) in [6.07, 6.45) is 0. The van der Waals surface area contributed by atoms with Crippen molar-refractivity contribution in [2.24, 2.45) is 0 Å². The Morgan fingerprint density at radius 2 is 2.00 bits per heavy atom. The van der Waals surface area contributed by atoms with Gasteiger partial charge >= 0.3 is 6.03 Å². The Bertz CT molecular complexity index is 474. The third kappa shape index (κ3) is 4.31. The number of halogens is 1. The van der Waals surface area contributed by atoms with Crippen molar-refractivity contribution in [3.8, 4) is 0 Å². The van der Waals surface area contributed by atoms with E-state index in [-0.39, 0.29) is 25.3 Å². The molecule has 21 heavy (non-hydrogen) atoms. The fourth-order valence-corrected chi connectivity index (χ4v) is 2.54. The van der Waals surface area contributed by atoms with Crippen molar-refractivity contribution in [2.45, 2.75) is 6.04 Å². The highest BCUT2D eigenvalue weighted by molar-refractivity contribution is 6.30. The van der Waals surface area contributed by atoms with Gasteiger partial charge in [-0.15, -0.1) is 0 Å². The van der Waals surface area contributed by atoms with Gasteiger partial charge in [0.2, 0.25) is 0 Å². The molecule has 0 saturated carbocycles. The number of aliphatic hydroxyl groups excluding tert-OH is 2. The van der Waals surface area contributed by atoms with Crippen LogP contribution in [0.2, 0.25) is 5.02 Å². The number of amides is 2. The third-order valence-electron chi connectivity index (χ3n) is 3.52. The van der Waals surface area contributed by atoms with Crippen LogP contribution in [0.5, 0.6) is 0 Å². The summed E-state index contributed by atoms with van der Waals surface area (Å²) in [4.78, 5) is 15.7. The lowest BCUT2D eigenvalue weighted by Gasteiger charge is -2.45. The van der Waals surface area contributed by atoms with Crippen molar-refractivity contribution in [3.05, 3.63) is 29.3 Å². The molecule has 116 valence electrons. The monoisotopic (exact) mass is 313 g/mol. The summed E-state index contributed by atoms with van der Waals surface area (Å²) in [6, 6.07) is 7.03. The average Bonchev–Trinajstić information content (AvgIpc) is 2.37. The Kier molecular flexibility index (Phi) is 5.81. The number of likely N-dealkylation sites (tertiary alicyclic amines) is 1. The number of aliphatic hydroxyl groups is 2. The highest BCUT2D eigenvalue weighted by Crippen LogP contribution is 2.19. The minimum Gasteiger partial charge on any atom is -0.395 e. The first-order chi connectivity index (χ1) is 10.1. The minimum absolute atomic E-state index is 0.0468. The minimum atomic E-state index is -0.165. The van der Waals surface area contributed by atoms with Crippen LogP contribution in [0.25, 0.3) is 0 Å². The summed E-state index contributed by atoms with van der Waals surface area (Å²) in [5.41, 5.74) is 0.665. The number of nitrogens with zero attached hydrogens (tertiary/aromatic N) is 2. The summed E-state index contributed by atoms with van der Waals surface area (Å²) in [5, 5.41) is 21.4. The molecule has 1 saturated heterocycles. The van der Waals surface area contributed by atoms with E-state index in [2.05, 4.69) is 5.32 Å². The molecular weight excluding hydrogens is 294 g/mol. The number of hydrogen-bond donors (Lipinski definition) is 3. The van der Waals surface area contributed by atoms with Crippen LogP contribution >= 0.6 is 11.6 Å². The first-order valence-electron chi connectivity index (χ1n) is 6.91. The lowest BCUT2D eigenvalue weighted by Crippen LogP contribution is -2.62. The number of hydrogen-bond acceptors (Lipinski definition) is 4. The largest absolute Gasteiger partial charge is 0.395 e. The Morgan fingerprint density at radius 3 is 2.57 bits per heavy atom. The molecule has 1 aromatic carbocycles. The molecule has 0 radical (unpaired) electrons. The number of carbonyl (C=O) groups is 1. The van der Waals surface area contributed by atoms with Gasteiger partial charge in [-0.05, 0) is 18.2 Å². The van der Waals surface area contributed by atoms with Gasteiger partial charge < -0.3 is 20.4 Å². The number of anilines is 1. The molecule has 0 bridgehead atoms. The highest BCUT2D eigenvalue weighted by Gasteiger charge is 2.34. The van der Waals surface area contributed by atoms with E-state index in [0.29, 0.717) is 36.9 Å². The maximum atomic E-state index is 12.0. The van der Waals surface area contributed by atoms with Crippen LogP contribution < -0.4 is 5.32 Å². The quantitative estimate of drug-likeness (QED) is 0.727. The average molecular weight is 314 g/mol. The van der Waals surface area contributed by atoms with E-state index in [1.807, 2.05) is 4.90 Å². The SMILES string of the molecule is O=C(Nc1cccc(Cl)c1)N1CC(N(CCO)CCO)C1. The van der Waals surface area contributed by atoms with Gasteiger partial charge in [0, 0.05) is 42.9 Å². The van der Waals surface area contributed by atoms with Gasteiger partial charge in [-0.1, -0.05) is 17.7 Å².